The van der Waals surface area contributed by atoms with Crippen molar-refractivity contribution in [3.05, 3.63) is 45.9 Å². The van der Waals surface area contributed by atoms with Crippen LogP contribution in [0.2, 0.25) is 10.0 Å². The van der Waals surface area contributed by atoms with Gasteiger partial charge >= 0.3 is 0 Å². The minimum Gasteiger partial charge on any atom is -0.495 e. The van der Waals surface area contributed by atoms with Crippen molar-refractivity contribution in [3.63, 3.8) is 0 Å². The van der Waals surface area contributed by atoms with Gasteiger partial charge in [0.2, 0.25) is 0 Å². The number of methoxy groups -OCH3 is 1. The Morgan fingerprint density at radius 2 is 1.78 bits per heavy atom. The van der Waals surface area contributed by atoms with Crippen LogP contribution in [0.4, 0.5) is 5.69 Å². The summed E-state index contributed by atoms with van der Waals surface area (Å²) in [4.78, 5) is 0. The van der Waals surface area contributed by atoms with E-state index in [0.29, 0.717) is 15.8 Å². The molecule has 2 nitrogen and oxygen atoms in total. The summed E-state index contributed by atoms with van der Waals surface area (Å²) < 4.78 is 5.13. The molecule has 0 saturated heterocycles. The normalized spacial score (nSPS) is 10.4. The van der Waals surface area contributed by atoms with Gasteiger partial charge in [0.15, 0.2) is 0 Å². The molecule has 0 aliphatic rings. The monoisotopic (exact) mass is 281 g/mol. The van der Waals surface area contributed by atoms with Gasteiger partial charge in [-0.25, -0.2) is 0 Å². The minimum atomic E-state index is 0.527. The molecule has 0 aliphatic carbocycles. The predicted molar refractivity (Wildman–Crippen MR) is 77.6 cm³/mol. The van der Waals surface area contributed by atoms with Crippen molar-refractivity contribution in [2.24, 2.45) is 0 Å². The lowest BCUT2D eigenvalue weighted by atomic mass is 9.99. The quantitative estimate of drug-likeness (QED) is 0.819. The number of benzene rings is 2. The fourth-order valence-electron chi connectivity index (χ4n) is 1.84. The first kappa shape index (κ1) is 13.1. The van der Waals surface area contributed by atoms with Gasteiger partial charge in [-0.15, -0.1) is 0 Å². The van der Waals surface area contributed by atoms with E-state index in [1.54, 1.807) is 19.2 Å². The zero-order valence-electron chi connectivity index (χ0n) is 10.1. The molecule has 0 heterocycles. The smallest absolute Gasteiger partial charge is 0.138 e. The van der Waals surface area contributed by atoms with E-state index in [1.807, 2.05) is 25.1 Å². The van der Waals surface area contributed by atoms with E-state index < -0.39 is 0 Å². The van der Waals surface area contributed by atoms with Crippen LogP contribution in [0.3, 0.4) is 0 Å². The highest BCUT2D eigenvalue weighted by Crippen LogP contribution is 2.38. The number of nitrogen functional groups attached to an aromatic ring is 1. The van der Waals surface area contributed by atoms with Gasteiger partial charge in [0.05, 0.1) is 17.2 Å². The largest absolute Gasteiger partial charge is 0.495 e. The van der Waals surface area contributed by atoms with Crippen LogP contribution < -0.4 is 10.5 Å². The van der Waals surface area contributed by atoms with E-state index in [2.05, 4.69) is 0 Å². The molecule has 2 aromatic carbocycles. The second-order valence-corrected chi connectivity index (χ2v) is 4.80. The maximum absolute atomic E-state index is 6.26. The molecular weight excluding hydrogens is 269 g/mol. The van der Waals surface area contributed by atoms with Gasteiger partial charge in [-0.05, 0) is 30.2 Å². The molecule has 18 heavy (non-hydrogen) atoms. The second-order valence-electron chi connectivity index (χ2n) is 3.99. The van der Waals surface area contributed by atoms with Crippen molar-refractivity contribution in [2.75, 3.05) is 12.8 Å². The van der Waals surface area contributed by atoms with Crippen LogP contribution in [-0.4, -0.2) is 7.11 Å². The Kier molecular flexibility index (Phi) is 3.69. The molecular formula is C14H13Cl2NO. The molecule has 2 N–H and O–H groups in total. The summed E-state index contributed by atoms with van der Waals surface area (Å²) in [6.45, 7) is 1.96. The van der Waals surface area contributed by atoms with Crippen molar-refractivity contribution >= 4 is 28.9 Å². The van der Waals surface area contributed by atoms with E-state index in [4.69, 9.17) is 33.7 Å². The third-order valence-electron chi connectivity index (χ3n) is 2.91. The molecule has 0 aliphatic heterocycles. The fraction of sp³-hybridized carbons (Fsp3) is 0.143. The lowest BCUT2D eigenvalue weighted by Crippen LogP contribution is -1.93. The summed E-state index contributed by atoms with van der Waals surface area (Å²) in [5.74, 6) is 0.562. The van der Waals surface area contributed by atoms with Crippen molar-refractivity contribution in [1.82, 2.24) is 0 Å². The van der Waals surface area contributed by atoms with Crippen molar-refractivity contribution in [2.45, 2.75) is 6.92 Å². The Bertz CT molecular complexity index is 597. The zero-order valence-corrected chi connectivity index (χ0v) is 11.6. The lowest BCUT2D eigenvalue weighted by molar-refractivity contribution is 0.415. The molecule has 2 aromatic rings. The number of rotatable bonds is 2. The van der Waals surface area contributed by atoms with Crippen LogP contribution in [0, 0.1) is 6.92 Å². The molecule has 0 aromatic heterocycles. The SMILES string of the molecule is COc1cc(Cl)c(-c2cccc(N)c2C)cc1Cl. The number of hydrogen-bond acceptors (Lipinski definition) is 2. The van der Waals surface area contributed by atoms with Gasteiger partial charge in [-0.3, -0.25) is 0 Å². The molecule has 0 radical (unpaired) electrons. The molecule has 0 amide bonds. The Morgan fingerprint density at radius 1 is 1.06 bits per heavy atom. The van der Waals surface area contributed by atoms with Gasteiger partial charge in [-0.2, -0.15) is 0 Å². The van der Waals surface area contributed by atoms with E-state index in [-0.39, 0.29) is 0 Å². The lowest BCUT2D eigenvalue weighted by Gasteiger charge is -2.12. The molecule has 0 unspecified atom stereocenters. The van der Waals surface area contributed by atoms with Crippen molar-refractivity contribution in [1.29, 1.82) is 0 Å². The summed E-state index contributed by atoms with van der Waals surface area (Å²) in [7, 11) is 1.56. The molecule has 0 atom stereocenters. The summed E-state index contributed by atoms with van der Waals surface area (Å²) in [5.41, 5.74) is 9.45. The predicted octanol–water partition coefficient (Wildman–Crippen LogP) is 4.56. The van der Waals surface area contributed by atoms with Gasteiger partial charge in [-0.1, -0.05) is 35.3 Å². The molecule has 0 fully saturated rings. The van der Waals surface area contributed by atoms with Gasteiger partial charge < -0.3 is 10.5 Å². The minimum absolute atomic E-state index is 0.527. The standard InChI is InChI=1S/C14H13Cl2NO/c1-8-9(4-3-5-13(8)17)10-6-12(16)14(18-2)7-11(10)15/h3-7H,17H2,1-2H3. The highest BCUT2D eigenvalue weighted by molar-refractivity contribution is 6.36. The van der Waals surface area contributed by atoms with Crippen LogP contribution in [0.5, 0.6) is 5.75 Å². The van der Waals surface area contributed by atoms with E-state index >= 15 is 0 Å². The third kappa shape index (κ3) is 2.26. The van der Waals surface area contributed by atoms with E-state index in [1.165, 1.54) is 0 Å². The topological polar surface area (TPSA) is 35.2 Å². The number of anilines is 1. The maximum atomic E-state index is 6.26. The number of ether oxygens (including phenoxy) is 1. The first-order chi connectivity index (χ1) is 8.54. The van der Waals surface area contributed by atoms with Crippen molar-refractivity contribution in [3.8, 4) is 16.9 Å². The highest BCUT2D eigenvalue weighted by Gasteiger charge is 2.12. The molecule has 0 saturated carbocycles. The average molecular weight is 282 g/mol. The van der Waals surface area contributed by atoms with Gasteiger partial charge in [0, 0.05) is 17.3 Å². The summed E-state index contributed by atoms with van der Waals surface area (Å²) in [6.07, 6.45) is 0. The maximum Gasteiger partial charge on any atom is 0.138 e. The highest BCUT2D eigenvalue weighted by atomic mass is 35.5. The third-order valence-corrected chi connectivity index (χ3v) is 3.52. The molecule has 4 heteroatoms. The van der Waals surface area contributed by atoms with E-state index in [9.17, 15) is 0 Å². The molecule has 0 bridgehead atoms. The number of nitrogens with two attached hydrogens (primary N) is 1. The van der Waals surface area contributed by atoms with Crippen LogP contribution in [-0.2, 0) is 0 Å². The number of hydrogen-bond donors (Lipinski definition) is 1. The molecule has 2 rings (SSSR count). The molecule has 94 valence electrons. The van der Waals surface area contributed by atoms with E-state index in [0.717, 1.165) is 22.4 Å². The summed E-state index contributed by atoms with van der Waals surface area (Å²) >= 11 is 12.4. The Hall–Kier alpha value is -1.38. The first-order valence-corrected chi connectivity index (χ1v) is 6.18. The van der Waals surface area contributed by atoms with Gasteiger partial charge in [0.1, 0.15) is 5.75 Å². The summed E-state index contributed by atoms with van der Waals surface area (Å²) in [5, 5.41) is 1.11. The fourth-order valence-corrected chi connectivity index (χ4v) is 2.33. The molecule has 0 spiro atoms. The Balaban J connectivity index is 2.64. The van der Waals surface area contributed by atoms with Crippen LogP contribution in [0.25, 0.3) is 11.1 Å². The van der Waals surface area contributed by atoms with Gasteiger partial charge in [0.25, 0.3) is 0 Å². The van der Waals surface area contributed by atoms with Crippen LogP contribution >= 0.6 is 23.2 Å². The van der Waals surface area contributed by atoms with Crippen LogP contribution in [0.1, 0.15) is 5.56 Å². The van der Waals surface area contributed by atoms with Crippen molar-refractivity contribution < 1.29 is 4.74 Å². The Labute approximate surface area is 116 Å². The zero-order chi connectivity index (χ0) is 13.3. The second kappa shape index (κ2) is 5.09. The summed E-state index contributed by atoms with van der Waals surface area (Å²) in [6, 6.07) is 9.23. The average Bonchev–Trinajstić information content (AvgIpc) is 2.35. The van der Waals surface area contributed by atoms with Crippen LogP contribution in [0.15, 0.2) is 30.3 Å². The Morgan fingerprint density at radius 3 is 2.44 bits per heavy atom. The number of halogens is 2. The first-order valence-electron chi connectivity index (χ1n) is 5.43.